The van der Waals surface area contributed by atoms with Gasteiger partial charge >= 0.3 is 6.03 Å². The number of benzene rings is 1. The topological polar surface area (TPSA) is 93.2 Å². The quantitative estimate of drug-likeness (QED) is 0.880. The van der Waals surface area contributed by atoms with Gasteiger partial charge in [0.05, 0.1) is 0 Å². The van der Waals surface area contributed by atoms with Crippen molar-refractivity contribution in [3.63, 3.8) is 0 Å². The SMILES string of the molecule is Cn1ccnc1[C@@H](NC(=O)N1CCC(C(N)=O)CC1)c1ccccc1. The van der Waals surface area contributed by atoms with E-state index < -0.39 is 0 Å². The first kappa shape index (κ1) is 17.0. The molecule has 0 spiro atoms. The minimum Gasteiger partial charge on any atom is -0.369 e. The lowest BCUT2D eigenvalue weighted by molar-refractivity contribution is -0.123. The monoisotopic (exact) mass is 341 g/mol. The molecule has 0 saturated carbocycles. The maximum atomic E-state index is 12.7. The average Bonchev–Trinajstić information content (AvgIpc) is 3.06. The molecule has 0 aliphatic carbocycles. The highest BCUT2D eigenvalue weighted by Gasteiger charge is 2.28. The van der Waals surface area contributed by atoms with Crippen LogP contribution < -0.4 is 11.1 Å². The summed E-state index contributed by atoms with van der Waals surface area (Å²) in [6, 6.07) is 9.28. The molecular weight excluding hydrogens is 318 g/mol. The summed E-state index contributed by atoms with van der Waals surface area (Å²) in [7, 11) is 1.91. The number of urea groups is 1. The number of aryl methyl sites for hydroxylation is 1. The van der Waals surface area contributed by atoms with Crippen molar-refractivity contribution < 1.29 is 9.59 Å². The number of hydrogen-bond acceptors (Lipinski definition) is 3. The summed E-state index contributed by atoms with van der Waals surface area (Å²) >= 11 is 0. The lowest BCUT2D eigenvalue weighted by Gasteiger charge is -2.32. The van der Waals surface area contributed by atoms with Crippen LogP contribution in [0.15, 0.2) is 42.7 Å². The Kier molecular flexibility index (Phi) is 5.02. The molecule has 2 aromatic rings. The van der Waals surface area contributed by atoms with Crippen molar-refractivity contribution in [2.75, 3.05) is 13.1 Å². The number of hydrogen-bond donors (Lipinski definition) is 2. The lowest BCUT2D eigenvalue weighted by atomic mass is 9.96. The third-order valence-corrected chi connectivity index (χ3v) is 4.70. The zero-order chi connectivity index (χ0) is 17.8. The van der Waals surface area contributed by atoms with Gasteiger partial charge in [0.1, 0.15) is 11.9 Å². The number of nitrogens with one attached hydrogen (secondary N) is 1. The van der Waals surface area contributed by atoms with E-state index in [-0.39, 0.29) is 23.9 Å². The van der Waals surface area contributed by atoms with E-state index in [0.29, 0.717) is 25.9 Å². The van der Waals surface area contributed by atoms with Crippen LogP contribution in [0.3, 0.4) is 0 Å². The van der Waals surface area contributed by atoms with Crippen molar-refractivity contribution in [1.82, 2.24) is 19.8 Å². The van der Waals surface area contributed by atoms with E-state index in [4.69, 9.17) is 5.73 Å². The fraction of sp³-hybridized carbons (Fsp3) is 0.389. The summed E-state index contributed by atoms with van der Waals surface area (Å²) in [5.41, 5.74) is 6.33. The summed E-state index contributed by atoms with van der Waals surface area (Å²) in [6.45, 7) is 1.06. The fourth-order valence-electron chi connectivity index (χ4n) is 3.18. The standard InChI is InChI=1S/C18H23N5O2/c1-22-12-9-20-17(22)15(13-5-3-2-4-6-13)21-18(25)23-10-7-14(8-11-23)16(19)24/h2-6,9,12,14-15H,7-8,10-11H2,1H3,(H2,19,24)(H,21,25)/t15-/m0/s1. The number of nitrogens with zero attached hydrogens (tertiary/aromatic N) is 3. The van der Waals surface area contributed by atoms with Gasteiger partial charge in [0.15, 0.2) is 0 Å². The Hall–Kier alpha value is -2.83. The minimum atomic E-state index is -0.331. The van der Waals surface area contributed by atoms with Crippen LogP contribution in [0.25, 0.3) is 0 Å². The molecule has 1 aliphatic rings. The number of likely N-dealkylation sites (tertiary alicyclic amines) is 1. The van der Waals surface area contributed by atoms with Crippen molar-refractivity contribution in [2.24, 2.45) is 18.7 Å². The molecule has 3 amide bonds. The second kappa shape index (κ2) is 7.38. The van der Waals surface area contributed by atoms with Gasteiger partial charge in [0, 0.05) is 38.4 Å². The van der Waals surface area contributed by atoms with Crippen LogP contribution in [0.1, 0.15) is 30.3 Å². The summed E-state index contributed by atoms with van der Waals surface area (Å²) in [6.07, 6.45) is 4.80. The molecule has 1 saturated heterocycles. The molecule has 1 aliphatic heterocycles. The molecule has 25 heavy (non-hydrogen) atoms. The number of imidazole rings is 1. The Balaban J connectivity index is 1.74. The van der Waals surface area contributed by atoms with E-state index >= 15 is 0 Å². The maximum absolute atomic E-state index is 12.7. The summed E-state index contributed by atoms with van der Waals surface area (Å²) in [5, 5.41) is 3.08. The van der Waals surface area contributed by atoms with Gasteiger partial charge < -0.3 is 20.5 Å². The first-order valence-corrected chi connectivity index (χ1v) is 8.43. The van der Waals surface area contributed by atoms with Crippen molar-refractivity contribution in [3.8, 4) is 0 Å². The first-order chi connectivity index (χ1) is 12.1. The van der Waals surface area contributed by atoms with E-state index in [1.807, 2.05) is 48.1 Å². The molecule has 7 heteroatoms. The second-order valence-corrected chi connectivity index (χ2v) is 6.35. The number of carbonyl (C=O) groups excluding carboxylic acids is 2. The second-order valence-electron chi connectivity index (χ2n) is 6.35. The van der Waals surface area contributed by atoms with E-state index in [1.54, 1.807) is 11.1 Å². The normalized spacial score (nSPS) is 16.4. The molecule has 1 fully saturated rings. The Morgan fingerprint density at radius 3 is 2.48 bits per heavy atom. The summed E-state index contributed by atoms with van der Waals surface area (Å²) < 4.78 is 1.90. The molecular formula is C18H23N5O2. The zero-order valence-electron chi connectivity index (χ0n) is 14.3. The molecule has 1 aromatic heterocycles. The van der Waals surface area contributed by atoms with Crippen LogP contribution in [0.5, 0.6) is 0 Å². The highest BCUT2D eigenvalue weighted by Crippen LogP contribution is 2.22. The van der Waals surface area contributed by atoms with Gasteiger partial charge in [-0.2, -0.15) is 0 Å². The molecule has 132 valence electrons. The molecule has 3 N–H and O–H groups in total. The van der Waals surface area contributed by atoms with Crippen LogP contribution in [0, 0.1) is 5.92 Å². The first-order valence-electron chi connectivity index (χ1n) is 8.43. The third-order valence-electron chi connectivity index (χ3n) is 4.70. The van der Waals surface area contributed by atoms with Crippen LogP contribution in [-0.4, -0.2) is 39.5 Å². The smallest absolute Gasteiger partial charge is 0.318 e. The third kappa shape index (κ3) is 3.81. The Bertz CT molecular complexity index is 735. The van der Waals surface area contributed by atoms with Crippen molar-refractivity contribution in [2.45, 2.75) is 18.9 Å². The number of rotatable bonds is 4. The molecule has 1 atom stereocenters. The van der Waals surface area contributed by atoms with Crippen LogP contribution in [-0.2, 0) is 11.8 Å². The Labute approximate surface area is 146 Å². The average molecular weight is 341 g/mol. The largest absolute Gasteiger partial charge is 0.369 e. The van der Waals surface area contributed by atoms with E-state index in [9.17, 15) is 9.59 Å². The van der Waals surface area contributed by atoms with Gasteiger partial charge in [-0.15, -0.1) is 0 Å². The van der Waals surface area contributed by atoms with Crippen molar-refractivity contribution >= 4 is 11.9 Å². The van der Waals surface area contributed by atoms with E-state index in [1.165, 1.54) is 0 Å². The van der Waals surface area contributed by atoms with Gasteiger partial charge in [-0.3, -0.25) is 4.79 Å². The van der Waals surface area contributed by atoms with Gasteiger partial charge in [0.2, 0.25) is 5.91 Å². The number of carbonyl (C=O) groups is 2. The minimum absolute atomic E-state index is 0.136. The number of nitrogens with two attached hydrogens (primary N) is 1. The highest BCUT2D eigenvalue weighted by molar-refractivity contribution is 5.78. The Morgan fingerprint density at radius 2 is 1.92 bits per heavy atom. The van der Waals surface area contributed by atoms with Crippen molar-refractivity contribution in [1.29, 1.82) is 0 Å². The molecule has 1 aromatic carbocycles. The molecule has 0 radical (unpaired) electrons. The van der Waals surface area contributed by atoms with Crippen LogP contribution in [0.2, 0.25) is 0 Å². The van der Waals surface area contributed by atoms with Gasteiger partial charge in [-0.25, -0.2) is 9.78 Å². The van der Waals surface area contributed by atoms with Gasteiger partial charge in [0.25, 0.3) is 0 Å². The van der Waals surface area contributed by atoms with E-state index in [0.717, 1.165) is 11.4 Å². The molecule has 7 nitrogen and oxygen atoms in total. The Morgan fingerprint density at radius 1 is 1.24 bits per heavy atom. The molecule has 3 rings (SSSR count). The lowest BCUT2D eigenvalue weighted by Crippen LogP contribution is -2.47. The predicted molar refractivity (Wildman–Crippen MR) is 93.5 cm³/mol. The number of primary amides is 1. The highest BCUT2D eigenvalue weighted by atomic mass is 16.2. The predicted octanol–water partition coefficient (Wildman–Crippen LogP) is 1.42. The van der Waals surface area contributed by atoms with Crippen LogP contribution in [0.4, 0.5) is 4.79 Å². The summed E-state index contributed by atoms with van der Waals surface area (Å²) in [5.74, 6) is 0.352. The van der Waals surface area contributed by atoms with Gasteiger partial charge in [-0.1, -0.05) is 30.3 Å². The number of piperidine rings is 1. The van der Waals surface area contributed by atoms with Crippen molar-refractivity contribution in [3.05, 3.63) is 54.1 Å². The number of aromatic nitrogens is 2. The molecule has 0 bridgehead atoms. The molecule has 0 unspecified atom stereocenters. The maximum Gasteiger partial charge on any atom is 0.318 e. The van der Waals surface area contributed by atoms with Crippen LogP contribution >= 0.6 is 0 Å². The zero-order valence-corrected chi connectivity index (χ0v) is 14.3. The summed E-state index contributed by atoms with van der Waals surface area (Å²) in [4.78, 5) is 30.1. The van der Waals surface area contributed by atoms with Gasteiger partial charge in [-0.05, 0) is 18.4 Å². The van der Waals surface area contributed by atoms with E-state index in [2.05, 4.69) is 10.3 Å². The fourth-order valence-corrected chi connectivity index (χ4v) is 3.18. The number of amides is 3. The molecule has 2 heterocycles.